The number of amides is 1. The lowest BCUT2D eigenvalue weighted by atomic mass is 10.2. The number of hydrogen-bond donors (Lipinski definition) is 1. The Morgan fingerprint density at radius 1 is 1.21 bits per heavy atom. The van der Waals surface area contributed by atoms with E-state index >= 15 is 0 Å². The molecule has 2 aromatic carbocycles. The maximum atomic E-state index is 12.6. The van der Waals surface area contributed by atoms with E-state index in [9.17, 15) is 13.2 Å². The normalized spacial score (nSPS) is 11.4. The van der Waals surface area contributed by atoms with Crippen molar-refractivity contribution in [3.63, 3.8) is 0 Å². The van der Waals surface area contributed by atoms with E-state index in [1.54, 1.807) is 37.4 Å². The van der Waals surface area contributed by atoms with Gasteiger partial charge in [0.2, 0.25) is 21.7 Å². The average molecular weight is 421 g/mol. The highest BCUT2D eigenvalue weighted by molar-refractivity contribution is 7.89. The van der Waals surface area contributed by atoms with E-state index < -0.39 is 10.0 Å². The highest BCUT2D eigenvalue weighted by Crippen LogP contribution is 2.19. The molecule has 0 spiro atoms. The SMILES string of the molecule is CNS(=O)(=O)c1cccc(C(=O)N(C)Cc2nc(-c3ccc(Cl)cc3)no2)c1. The smallest absolute Gasteiger partial charge is 0.254 e. The lowest BCUT2D eigenvalue weighted by Gasteiger charge is -2.15. The van der Waals surface area contributed by atoms with Gasteiger partial charge in [0.1, 0.15) is 0 Å². The van der Waals surface area contributed by atoms with E-state index in [1.807, 2.05) is 0 Å². The van der Waals surface area contributed by atoms with E-state index in [0.29, 0.717) is 10.8 Å². The van der Waals surface area contributed by atoms with Crippen LogP contribution in [0.3, 0.4) is 0 Å². The predicted molar refractivity (Wildman–Crippen MR) is 103 cm³/mol. The van der Waals surface area contributed by atoms with E-state index in [1.165, 1.54) is 30.1 Å². The van der Waals surface area contributed by atoms with Crippen molar-refractivity contribution < 1.29 is 17.7 Å². The summed E-state index contributed by atoms with van der Waals surface area (Å²) in [5.41, 5.74) is 0.967. The second-order valence-corrected chi connectivity index (χ2v) is 8.24. The third-order valence-corrected chi connectivity index (χ3v) is 5.61. The highest BCUT2D eigenvalue weighted by Gasteiger charge is 2.19. The van der Waals surface area contributed by atoms with Crippen LogP contribution in [0.4, 0.5) is 0 Å². The lowest BCUT2D eigenvalue weighted by molar-refractivity contribution is 0.0769. The fourth-order valence-corrected chi connectivity index (χ4v) is 3.35. The molecule has 0 aliphatic heterocycles. The van der Waals surface area contributed by atoms with Crippen LogP contribution in [0.5, 0.6) is 0 Å². The number of rotatable bonds is 6. The van der Waals surface area contributed by atoms with Crippen LogP contribution in [-0.4, -0.2) is 43.5 Å². The van der Waals surface area contributed by atoms with Gasteiger partial charge in [-0.15, -0.1) is 0 Å². The van der Waals surface area contributed by atoms with Gasteiger partial charge in [-0.3, -0.25) is 4.79 Å². The molecule has 10 heteroatoms. The second kappa shape index (κ2) is 8.09. The lowest BCUT2D eigenvalue weighted by Crippen LogP contribution is -2.27. The van der Waals surface area contributed by atoms with Crippen molar-refractivity contribution in [2.75, 3.05) is 14.1 Å². The Morgan fingerprint density at radius 2 is 1.93 bits per heavy atom. The van der Waals surface area contributed by atoms with Crippen LogP contribution in [0, 0.1) is 0 Å². The number of aromatic nitrogens is 2. The first-order valence-electron chi connectivity index (χ1n) is 8.18. The number of halogens is 1. The van der Waals surface area contributed by atoms with Crippen LogP contribution < -0.4 is 4.72 Å². The minimum atomic E-state index is -3.64. The van der Waals surface area contributed by atoms with Gasteiger partial charge >= 0.3 is 0 Å². The number of benzene rings is 2. The van der Waals surface area contributed by atoms with Gasteiger partial charge in [-0.1, -0.05) is 22.8 Å². The Kier molecular flexibility index (Phi) is 5.78. The number of sulfonamides is 1. The Morgan fingerprint density at radius 3 is 2.61 bits per heavy atom. The minimum Gasteiger partial charge on any atom is -0.337 e. The summed E-state index contributed by atoms with van der Waals surface area (Å²) < 4.78 is 31.3. The van der Waals surface area contributed by atoms with Crippen LogP contribution in [-0.2, 0) is 16.6 Å². The Bertz CT molecular complexity index is 1100. The molecule has 8 nitrogen and oxygen atoms in total. The molecule has 146 valence electrons. The minimum absolute atomic E-state index is 0.0112. The molecular formula is C18H17ClN4O4S. The molecule has 3 aromatic rings. The first-order valence-corrected chi connectivity index (χ1v) is 10.0. The van der Waals surface area contributed by atoms with Crippen molar-refractivity contribution in [3.05, 3.63) is 65.0 Å². The molecule has 1 heterocycles. The van der Waals surface area contributed by atoms with Gasteiger partial charge in [-0.2, -0.15) is 4.98 Å². The van der Waals surface area contributed by atoms with Crippen molar-refractivity contribution in [2.45, 2.75) is 11.4 Å². The summed E-state index contributed by atoms with van der Waals surface area (Å²) in [5, 5.41) is 4.50. The third-order valence-electron chi connectivity index (χ3n) is 3.95. The summed E-state index contributed by atoms with van der Waals surface area (Å²) >= 11 is 5.86. The molecule has 0 radical (unpaired) electrons. The van der Waals surface area contributed by atoms with Crippen molar-refractivity contribution in [2.24, 2.45) is 0 Å². The van der Waals surface area contributed by atoms with Gasteiger partial charge in [0, 0.05) is 23.2 Å². The molecule has 1 amide bonds. The number of carbonyl (C=O) groups excluding carboxylic acids is 1. The largest absolute Gasteiger partial charge is 0.337 e. The monoisotopic (exact) mass is 420 g/mol. The van der Waals surface area contributed by atoms with Crippen molar-refractivity contribution in [3.8, 4) is 11.4 Å². The molecular weight excluding hydrogens is 404 g/mol. The zero-order valence-corrected chi connectivity index (χ0v) is 16.7. The van der Waals surface area contributed by atoms with E-state index in [2.05, 4.69) is 14.9 Å². The van der Waals surface area contributed by atoms with Gasteiger partial charge in [0.15, 0.2) is 0 Å². The third kappa shape index (κ3) is 4.38. The molecule has 0 unspecified atom stereocenters. The van der Waals surface area contributed by atoms with Crippen molar-refractivity contribution in [1.82, 2.24) is 19.8 Å². The molecule has 0 atom stereocenters. The number of nitrogens with zero attached hydrogens (tertiary/aromatic N) is 3. The molecule has 0 aliphatic rings. The Hall–Kier alpha value is -2.75. The fraction of sp³-hybridized carbons (Fsp3) is 0.167. The molecule has 0 bridgehead atoms. The molecule has 3 rings (SSSR count). The van der Waals surface area contributed by atoms with E-state index in [-0.39, 0.29) is 28.8 Å². The van der Waals surface area contributed by atoms with Crippen molar-refractivity contribution >= 4 is 27.5 Å². The highest BCUT2D eigenvalue weighted by atomic mass is 35.5. The Balaban J connectivity index is 1.75. The summed E-state index contributed by atoms with van der Waals surface area (Å²) in [6.07, 6.45) is 0. The Labute approximate surface area is 167 Å². The quantitative estimate of drug-likeness (QED) is 0.657. The molecule has 0 saturated heterocycles. The van der Waals surface area contributed by atoms with Crippen LogP contribution in [0.15, 0.2) is 57.9 Å². The molecule has 0 aliphatic carbocycles. The molecule has 28 heavy (non-hydrogen) atoms. The molecule has 0 saturated carbocycles. The molecule has 1 N–H and O–H groups in total. The summed E-state index contributed by atoms with van der Waals surface area (Å²) in [7, 11) is -0.768. The maximum absolute atomic E-state index is 12.6. The van der Waals surface area contributed by atoms with Crippen LogP contribution in [0.2, 0.25) is 5.02 Å². The number of hydrogen-bond acceptors (Lipinski definition) is 6. The van der Waals surface area contributed by atoms with Gasteiger partial charge in [0.25, 0.3) is 5.91 Å². The summed E-state index contributed by atoms with van der Waals surface area (Å²) in [6, 6.07) is 12.7. The van der Waals surface area contributed by atoms with Crippen LogP contribution in [0.1, 0.15) is 16.2 Å². The topological polar surface area (TPSA) is 105 Å². The van der Waals surface area contributed by atoms with Crippen LogP contribution in [0.25, 0.3) is 11.4 Å². The first-order chi connectivity index (χ1) is 13.3. The molecule has 1 aromatic heterocycles. The zero-order chi connectivity index (χ0) is 20.3. The second-order valence-electron chi connectivity index (χ2n) is 5.92. The summed E-state index contributed by atoms with van der Waals surface area (Å²) in [5.74, 6) is 0.258. The molecule has 0 fully saturated rings. The van der Waals surface area contributed by atoms with Gasteiger partial charge in [0.05, 0.1) is 11.4 Å². The maximum Gasteiger partial charge on any atom is 0.254 e. The fourth-order valence-electron chi connectivity index (χ4n) is 2.44. The van der Waals surface area contributed by atoms with Crippen molar-refractivity contribution in [1.29, 1.82) is 0 Å². The predicted octanol–water partition coefficient (Wildman–Crippen LogP) is 2.57. The zero-order valence-electron chi connectivity index (χ0n) is 15.1. The van der Waals surface area contributed by atoms with E-state index in [4.69, 9.17) is 16.1 Å². The van der Waals surface area contributed by atoms with Crippen LogP contribution >= 0.6 is 11.6 Å². The van der Waals surface area contributed by atoms with Gasteiger partial charge in [-0.05, 0) is 49.5 Å². The summed E-state index contributed by atoms with van der Waals surface area (Å²) in [6.45, 7) is 0.0719. The number of nitrogens with one attached hydrogen (secondary N) is 1. The standard InChI is InChI=1S/C18H17ClN4O4S/c1-20-28(25,26)15-5-3-4-13(10-15)18(24)23(2)11-16-21-17(22-27-16)12-6-8-14(19)9-7-12/h3-10,20H,11H2,1-2H3. The van der Waals surface area contributed by atoms with E-state index in [0.717, 1.165) is 5.56 Å². The van der Waals surface area contributed by atoms with Gasteiger partial charge < -0.3 is 9.42 Å². The number of carbonyl (C=O) groups is 1. The summed E-state index contributed by atoms with van der Waals surface area (Å²) in [4.78, 5) is 18.3. The average Bonchev–Trinajstić information content (AvgIpc) is 3.16. The first kappa shape index (κ1) is 20.0. The van der Waals surface area contributed by atoms with Gasteiger partial charge in [-0.25, -0.2) is 13.1 Å².